The smallest absolute Gasteiger partial charge is 0.387 e. The number of rotatable bonds is 59. The average Bonchev–Trinajstić information content (AvgIpc) is 3.35. The molecule has 3 unspecified atom stereocenters. The molecule has 3 N–H and O–H groups in total. The van der Waals surface area contributed by atoms with E-state index in [4.69, 9.17) is 9.05 Å². The van der Waals surface area contributed by atoms with E-state index in [1.54, 1.807) is 6.08 Å². The number of phosphoric acid groups is 1. The number of nitrogens with one attached hydrogen (secondary N) is 1. The van der Waals surface area contributed by atoms with Crippen LogP contribution in [-0.2, 0) is 18.4 Å². The van der Waals surface area contributed by atoms with Crippen molar-refractivity contribution in [2.24, 2.45) is 0 Å². The van der Waals surface area contributed by atoms with E-state index in [1.165, 1.54) is 250 Å². The zero-order chi connectivity index (χ0) is 53.5. The number of unbranched alkanes of at least 4 members (excludes halogenated alkanes) is 42. The van der Waals surface area contributed by atoms with E-state index in [1.807, 2.05) is 27.2 Å². The summed E-state index contributed by atoms with van der Waals surface area (Å²) in [4.78, 5) is 23.3. The molecule has 0 aliphatic rings. The molecule has 0 fully saturated rings. The first-order chi connectivity index (χ1) is 35.5. The highest BCUT2D eigenvalue weighted by atomic mass is 31.2. The first kappa shape index (κ1) is 71.7. The molecule has 8 nitrogen and oxygen atoms in total. The maximum Gasteiger partial charge on any atom is 0.472 e. The lowest BCUT2D eigenvalue weighted by atomic mass is 10.0. The molecule has 0 radical (unpaired) electrons. The zero-order valence-corrected chi connectivity index (χ0v) is 50.3. The molecule has 9 heteroatoms. The van der Waals surface area contributed by atoms with Crippen molar-refractivity contribution in [1.29, 1.82) is 0 Å². The summed E-state index contributed by atoms with van der Waals surface area (Å²) < 4.78 is 23.7. The molecule has 0 saturated heterocycles. The SMILES string of the molecule is CCCCCCCC/C=C/CC/C=C/CC/C=C/C(O)C(COP(=O)(O)OCC[N+](C)(C)C)NC(=O)CCCCCCCCCCCCCCCCCCCCCCCCCCCCCCCCCCCCC. The number of carbonyl (C=O) groups excluding carboxylic acids is 1. The number of aliphatic hydroxyl groups excluding tert-OH is 1. The Balaban J connectivity index is 3.98. The van der Waals surface area contributed by atoms with E-state index in [9.17, 15) is 19.4 Å². The average molecular weight is 1050 g/mol. The van der Waals surface area contributed by atoms with Gasteiger partial charge in [-0.05, 0) is 44.9 Å². The van der Waals surface area contributed by atoms with Gasteiger partial charge in [0.15, 0.2) is 0 Å². The number of hydrogen-bond donors (Lipinski definition) is 3. The second kappa shape index (κ2) is 55.5. The summed E-state index contributed by atoms with van der Waals surface area (Å²) in [6.07, 6.45) is 72.9. The van der Waals surface area contributed by atoms with Crippen LogP contribution in [0.3, 0.4) is 0 Å². The number of phosphoric ester groups is 1. The molecule has 3 atom stereocenters. The number of aliphatic hydroxyl groups is 1. The lowest BCUT2D eigenvalue weighted by Crippen LogP contribution is -2.45. The standard InChI is InChI=1S/C64H125N2O6P/c1-6-8-10-12-14-16-18-20-22-24-25-26-27-28-29-30-31-32-33-34-35-36-37-38-39-40-41-42-44-46-48-50-52-54-56-58-64(68)65-62(61-72-73(69,70)71-60-59-66(3,4)5)63(67)57-55-53-51-49-47-45-43-23-21-19-17-15-13-11-9-7-2/h21,23,47,49,55,57,62-63,67H,6-20,22,24-46,48,50-54,56,58-61H2,1-5H3,(H-,65,68,69,70)/p+1/b23-21+,49-47+,57-55+. The van der Waals surface area contributed by atoms with Gasteiger partial charge in [0.2, 0.25) is 5.91 Å². The van der Waals surface area contributed by atoms with Crippen LogP contribution in [0.25, 0.3) is 0 Å². The van der Waals surface area contributed by atoms with Gasteiger partial charge in [0.25, 0.3) is 0 Å². The van der Waals surface area contributed by atoms with Crippen molar-refractivity contribution in [3.05, 3.63) is 36.5 Å². The van der Waals surface area contributed by atoms with E-state index in [0.29, 0.717) is 17.4 Å². The van der Waals surface area contributed by atoms with E-state index < -0.39 is 20.0 Å². The Hall–Kier alpha value is -1.28. The molecule has 432 valence electrons. The van der Waals surface area contributed by atoms with Gasteiger partial charge in [-0.25, -0.2) is 4.57 Å². The van der Waals surface area contributed by atoms with E-state index in [0.717, 1.165) is 44.9 Å². The summed E-state index contributed by atoms with van der Waals surface area (Å²) in [5.41, 5.74) is 0. The Morgan fingerprint density at radius 3 is 1.10 bits per heavy atom. The highest BCUT2D eigenvalue weighted by Crippen LogP contribution is 2.43. The van der Waals surface area contributed by atoms with Crippen molar-refractivity contribution in [3.8, 4) is 0 Å². The Bertz CT molecular complexity index is 1280. The number of hydrogen-bond acceptors (Lipinski definition) is 5. The van der Waals surface area contributed by atoms with Gasteiger partial charge in [0.05, 0.1) is 39.9 Å². The van der Waals surface area contributed by atoms with Gasteiger partial charge in [-0.2, -0.15) is 0 Å². The van der Waals surface area contributed by atoms with Gasteiger partial charge in [-0.15, -0.1) is 0 Å². The van der Waals surface area contributed by atoms with Crippen molar-refractivity contribution in [2.75, 3.05) is 40.9 Å². The number of carbonyl (C=O) groups is 1. The molecule has 0 heterocycles. The molecule has 0 aromatic heterocycles. The summed E-state index contributed by atoms with van der Waals surface area (Å²) in [6, 6.07) is -0.868. The summed E-state index contributed by atoms with van der Waals surface area (Å²) in [7, 11) is 1.56. The highest BCUT2D eigenvalue weighted by Gasteiger charge is 2.27. The summed E-state index contributed by atoms with van der Waals surface area (Å²) in [5, 5.41) is 13.9. The molecular formula is C64H126N2O6P+. The molecule has 0 aliphatic carbocycles. The lowest BCUT2D eigenvalue weighted by molar-refractivity contribution is -0.870. The summed E-state index contributed by atoms with van der Waals surface area (Å²) in [6.45, 7) is 4.81. The molecule has 0 saturated carbocycles. The highest BCUT2D eigenvalue weighted by molar-refractivity contribution is 7.47. The Morgan fingerprint density at radius 1 is 0.452 bits per heavy atom. The van der Waals surface area contributed by atoms with E-state index in [2.05, 4.69) is 43.5 Å². The van der Waals surface area contributed by atoms with Crippen LogP contribution >= 0.6 is 7.82 Å². The number of nitrogens with zero attached hydrogens (tertiary/aromatic N) is 1. The van der Waals surface area contributed by atoms with Crippen LogP contribution in [0.4, 0.5) is 0 Å². The molecule has 0 bridgehead atoms. The van der Waals surface area contributed by atoms with E-state index in [-0.39, 0.29) is 19.1 Å². The van der Waals surface area contributed by atoms with Crippen molar-refractivity contribution < 1.29 is 32.9 Å². The molecular weight excluding hydrogens is 924 g/mol. The Morgan fingerprint density at radius 2 is 0.753 bits per heavy atom. The van der Waals surface area contributed by atoms with Gasteiger partial charge in [0.1, 0.15) is 13.2 Å². The third-order valence-electron chi connectivity index (χ3n) is 14.6. The summed E-state index contributed by atoms with van der Waals surface area (Å²) >= 11 is 0. The lowest BCUT2D eigenvalue weighted by Gasteiger charge is -2.25. The van der Waals surface area contributed by atoms with E-state index >= 15 is 0 Å². The minimum Gasteiger partial charge on any atom is -0.387 e. The second-order valence-corrected chi connectivity index (χ2v) is 24.6. The summed E-state index contributed by atoms with van der Waals surface area (Å²) in [5.74, 6) is -0.185. The first-order valence-electron chi connectivity index (χ1n) is 31.9. The number of amides is 1. The fraction of sp³-hybridized carbons (Fsp3) is 0.891. The second-order valence-electron chi connectivity index (χ2n) is 23.1. The van der Waals surface area contributed by atoms with Gasteiger partial charge < -0.3 is 19.8 Å². The van der Waals surface area contributed by atoms with Crippen LogP contribution in [-0.4, -0.2) is 73.4 Å². The largest absolute Gasteiger partial charge is 0.472 e. The quantitative estimate of drug-likeness (QED) is 0.0243. The van der Waals surface area contributed by atoms with Crippen LogP contribution in [0, 0.1) is 0 Å². The van der Waals surface area contributed by atoms with Crippen LogP contribution in [0.2, 0.25) is 0 Å². The fourth-order valence-electron chi connectivity index (χ4n) is 9.61. The third-order valence-corrected chi connectivity index (χ3v) is 15.6. The minimum absolute atomic E-state index is 0.0551. The Labute approximate surface area is 455 Å². The molecule has 0 spiro atoms. The van der Waals surface area contributed by atoms with Gasteiger partial charge in [-0.1, -0.05) is 301 Å². The molecule has 0 rings (SSSR count). The fourth-order valence-corrected chi connectivity index (χ4v) is 10.3. The van der Waals surface area contributed by atoms with Gasteiger partial charge in [-0.3, -0.25) is 13.8 Å². The molecule has 0 aromatic carbocycles. The number of likely N-dealkylation sites (N-methyl/N-ethyl adjacent to an activating group) is 1. The van der Waals surface area contributed by atoms with Crippen molar-refractivity contribution >= 4 is 13.7 Å². The molecule has 0 aromatic rings. The normalized spacial score (nSPS) is 14.0. The maximum absolute atomic E-state index is 13.0. The number of allylic oxidation sites excluding steroid dienone is 5. The predicted molar refractivity (Wildman–Crippen MR) is 318 cm³/mol. The zero-order valence-electron chi connectivity index (χ0n) is 49.4. The van der Waals surface area contributed by atoms with Crippen LogP contribution in [0.1, 0.15) is 316 Å². The molecule has 73 heavy (non-hydrogen) atoms. The first-order valence-corrected chi connectivity index (χ1v) is 33.4. The Kier molecular flexibility index (Phi) is 54.5. The van der Waals surface area contributed by atoms with Gasteiger partial charge in [0, 0.05) is 6.42 Å². The number of quaternary nitrogens is 1. The minimum atomic E-state index is -4.36. The van der Waals surface area contributed by atoms with Crippen LogP contribution < -0.4 is 5.32 Å². The predicted octanol–water partition coefficient (Wildman–Crippen LogP) is 19.7. The monoisotopic (exact) mass is 1050 g/mol. The maximum atomic E-state index is 13.0. The van der Waals surface area contributed by atoms with Crippen LogP contribution in [0.15, 0.2) is 36.5 Å². The van der Waals surface area contributed by atoms with Crippen molar-refractivity contribution in [1.82, 2.24) is 5.32 Å². The van der Waals surface area contributed by atoms with Crippen LogP contribution in [0.5, 0.6) is 0 Å². The van der Waals surface area contributed by atoms with Crippen molar-refractivity contribution in [2.45, 2.75) is 328 Å². The third kappa shape index (κ3) is 58.2. The van der Waals surface area contributed by atoms with Gasteiger partial charge >= 0.3 is 7.82 Å². The van der Waals surface area contributed by atoms with Crippen molar-refractivity contribution in [3.63, 3.8) is 0 Å². The molecule has 1 amide bonds. The molecule has 0 aliphatic heterocycles. The topological polar surface area (TPSA) is 105 Å².